The van der Waals surface area contributed by atoms with Crippen molar-refractivity contribution in [3.05, 3.63) is 17.0 Å². The minimum Gasteiger partial charge on any atom is -0.369 e. The van der Waals surface area contributed by atoms with Crippen LogP contribution < -0.4 is 10.6 Å². The van der Waals surface area contributed by atoms with Crippen LogP contribution in [0.5, 0.6) is 0 Å². The van der Waals surface area contributed by atoms with Gasteiger partial charge in [-0.25, -0.2) is 9.97 Å². The number of nitrogens with one attached hydrogen (secondary N) is 2. The van der Waals surface area contributed by atoms with E-state index in [-0.39, 0.29) is 5.91 Å². The van der Waals surface area contributed by atoms with Gasteiger partial charge in [0.05, 0.1) is 0 Å². The summed E-state index contributed by atoms with van der Waals surface area (Å²) in [6.45, 7) is 3.13. The molecule has 0 aliphatic rings. The number of carbonyl (C=O) groups excluding carboxylic acids is 1. The lowest BCUT2D eigenvalue weighted by atomic mass is 10.4. The Morgan fingerprint density at radius 3 is 3.00 bits per heavy atom. The number of aromatic nitrogens is 2. The van der Waals surface area contributed by atoms with Crippen molar-refractivity contribution in [1.82, 2.24) is 15.3 Å². The van der Waals surface area contributed by atoms with E-state index in [0.717, 1.165) is 4.60 Å². The molecule has 6 heteroatoms. The minimum absolute atomic E-state index is 0.0399. The molecule has 1 rings (SSSR count). The second-order valence-corrected chi connectivity index (χ2v) is 3.67. The van der Waals surface area contributed by atoms with E-state index in [0.29, 0.717) is 25.3 Å². The molecule has 0 atom stereocenters. The first-order valence-corrected chi connectivity index (χ1v) is 5.49. The second-order valence-electron chi connectivity index (χ2n) is 2.86. The van der Waals surface area contributed by atoms with E-state index in [1.807, 2.05) is 6.92 Å². The molecule has 1 amide bonds. The summed E-state index contributed by atoms with van der Waals surface area (Å²) in [5.74, 6) is 0.749. The van der Waals surface area contributed by atoms with Gasteiger partial charge in [-0.05, 0) is 22.9 Å². The normalized spacial score (nSPS) is 9.73. The molecular weight excluding hydrogens is 260 g/mol. The van der Waals surface area contributed by atoms with E-state index in [1.165, 1.54) is 6.33 Å². The summed E-state index contributed by atoms with van der Waals surface area (Å²) >= 11 is 3.24. The highest BCUT2D eigenvalue weighted by atomic mass is 79.9. The van der Waals surface area contributed by atoms with Crippen LogP contribution in [0, 0.1) is 0 Å². The SMILES string of the molecule is CCNC(=O)CCNc1cc(Br)ncn1. The van der Waals surface area contributed by atoms with E-state index in [4.69, 9.17) is 0 Å². The van der Waals surface area contributed by atoms with Crippen LogP contribution in [0.3, 0.4) is 0 Å². The lowest BCUT2D eigenvalue weighted by Crippen LogP contribution is -2.24. The maximum atomic E-state index is 11.1. The highest BCUT2D eigenvalue weighted by Gasteiger charge is 1.99. The first-order valence-electron chi connectivity index (χ1n) is 4.70. The molecule has 0 saturated carbocycles. The zero-order valence-electron chi connectivity index (χ0n) is 8.46. The number of carbonyl (C=O) groups is 1. The van der Waals surface area contributed by atoms with Gasteiger partial charge in [-0.1, -0.05) is 0 Å². The van der Waals surface area contributed by atoms with E-state index in [1.54, 1.807) is 6.07 Å². The number of anilines is 1. The van der Waals surface area contributed by atoms with E-state index in [2.05, 4.69) is 36.5 Å². The Morgan fingerprint density at radius 2 is 2.33 bits per heavy atom. The molecule has 1 aromatic rings. The van der Waals surface area contributed by atoms with Gasteiger partial charge in [0.15, 0.2) is 0 Å². The second kappa shape index (κ2) is 6.34. The number of halogens is 1. The summed E-state index contributed by atoms with van der Waals surface area (Å²) in [6, 6.07) is 1.76. The van der Waals surface area contributed by atoms with Crippen LogP contribution in [-0.4, -0.2) is 29.0 Å². The van der Waals surface area contributed by atoms with Crippen molar-refractivity contribution in [3.63, 3.8) is 0 Å². The molecule has 0 radical (unpaired) electrons. The van der Waals surface area contributed by atoms with E-state index in [9.17, 15) is 4.79 Å². The third kappa shape index (κ3) is 4.73. The van der Waals surface area contributed by atoms with Crippen molar-refractivity contribution in [3.8, 4) is 0 Å². The lowest BCUT2D eigenvalue weighted by molar-refractivity contribution is -0.120. The standard InChI is InChI=1S/C9H13BrN4O/c1-2-11-9(15)3-4-12-8-5-7(10)13-6-14-8/h5-6H,2-4H2,1H3,(H,11,15)(H,12,13,14). The Labute approximate surface area is 96.8 Å². The van der Waals surface area contributed by atoms with Crippen molar-refractivity contribution in [2.75, 3.05) is 18.4 Å². The molecule has 5 nitrogen and oxygen atoms in total. The third-order valence-corrected chi connectivity index (χ3v) is 2.10. The number of nitrogens with zero attached hydrogens (tertiary/aromatic N) is 2. The maximum absolute atomic E-state index is 11.1. The summed E-state index contributed by atoms with van der Waals surface area (Å²) in [7, 11) is 0. The predicted octanol–water partition coefficient (Wildman–Crippen LogP) is 1.18. The number of amides is 1. The first kappa shape index (κ1) is 11.9. The van der Waals surface area contributed by atoms with Crippen molar-refractivity contribution in [2.45, 2.75) is 13.3 Å². The Kier molecular flexibility index (Phi) is 5.03. The molecule has 0 saturated heterocycles. The average molecular weight is 273 g/mol. The Hall–Kier alpha value is -1.17. The molecule has 1 heterocycles. The smallest absolute Gasteiger partial charge is 0.221 e. The van der Waals surface area contributed by atoms with Crippen LogP contribution in [0.2, 0.25) is 0 Å². The van der Waals surface area contributed by atoms with Gasteiger partial charge in [-0.2, -0.15) is 0 Å². The summed E-state index contributed by atoms with van der Waals surface area (Å²) < 4.78 is 0.720. The monoisotopic (exact) mass is 272 g/mol. The number of rotatable bonds is 5. The molecule has 0 fully saturated rings. The van der Waals surface area contributed by atoms with Crippen molar-refractivity contribution < 1.29 is 4.79 Å². The topological polar surface area (TPSA) is 66.9 Å². The van der Waals surface area contributed by atoms with Gasteiger partial charge in [0.2, 0.25) is 5.91 Å². The summed E-state index contributed by atoms with van der Waals surface area (Å²) in [6.07, 6.45) is 1.90. The molecule has 2 N–H and O–H groups in total. The quantitative estimate of drug-likeness (QED) is 0.790. The molecule has 1 aromatic heterocycles. The highest BCUT2D eigenvalue weighted by molar-refractivity contribution is 9.10. The molecular formula is C9H13BrN4O. The lowest BCUT2D eigenvalue weighted by Gasteiger charge is -2.05. The average Bonchev–Trinajstić information content (AvgIpc) is 2.18. The van der Waals surface area contributed by atoms with Crippen LogP contribution >= 0.6 is 15.9 Å². The molecule has 82 valence electrons. The van der Waals surface area contributed by atoms with Gasteiger partial charge in [-0.15, -0.1) is 0 Å². The van der Waals surface area contributed by atoms with E-state index >= 15 is 0 Å². The zero-order chi connectivity index (χ0) is 11.1. The minimum atomic E-state index is 0.0399. The molecule has 15 heavy (non-hydrogen) atoms. The van der Waals surface area contributed by atoms with Gasteiger partial charge >= 0.3 is 0 Å². The Morgan fingerprint density at radius 1 is 1.53 bits per heavy atom. The first-order chi connectivity index (χ1) is 7.22. The predicted molar refractivity (Wildman–Crippen MR) is 61.5 cm³/mol. The van der Waals surface area contributed by atoms with Crippen molar-refractivity contribution >= 4 is 27.7 Å². The van der Waals surface area contributed by atoms with Crippen LogP contribution in [-0.2, 0) is 4.79 Å². The summed E-state index contributed by atoms with van der Waals surface area (Å²) in [4.78, 5) is 19.0. The van der Waals surface area contributed by atoms with Gasteiger partial charge in [-0.3, -0.25) is 4.79 Å². The number of hydrogen-bond donors (Lipinski definition) is 2. The fraction of sp³-hybridized carbons (Fsp3) is 0.444. The van der Waals surface area contributed by atoms with E-state index < -0.39 is 0 Å². The van der Waals surface area contributed by atoms with Gasteiger partial charge in [0, 0.05) is 25.6 Å². The maximum Gasteiger partial charge on any atom is 0.221 e. The fourth-order valence-corrected chi connectivity index (χ4v) is 1.33. The van der Waals surface area contributed by atoms with Gasteiger partial charge < -0.3 is 10.6 Å². The summed E-state index contributed by atoms with van der Waals surface area (Å²) in [5.41, 5.74) is 0. The van der Waals surface area contributed by atoms with Crippen LogP contribution in [0.4, 0.5) is 5.82 Å². The van der Waals surface area contributed by atoms with Crippen LogP contribution in [0.15, 0.2) is 17.0 Å². The fourth-order valence-electron chi connectivity index (χ4n) is 1.02. The molecule has 0 bridgehead atoms. The molecule has 0 aliphatic heterocycles. The highest BCUT2D eigenvalue weighted by Crippen LogP contribution is 2.08. The van der Waals surface area contributed by atoms with Crippen molar-refractivity contribution in [2.24, 2.45) is 0 Å². The van der Waals surface area contributed by atoms with Crippen molar-refractivity contribution in [1.29, 1.82) is 0 Å². The van der Waals surface area contributed by atoms with Crippen LogP contribution in [0.25, 0.3) is 0 Å². The van der Waals surface area contributed by atoms with Gasteiger partial charge in [0.25, 0.3) is 0 Å². The molecule has 0 spiro atoms. The third-order valence-electron chi connectivity index (χ3n) is 1.67. The summed E-state index contributed by atoms with van der Waals surface area (Å²) in [5, 5.41) is 5.76. The number of hydrogen-bond acceptors (Lipinski definition) is 4. The van der Waals surface area contributed by atoms with Crippen LogP contribution in [0.1, 0.15) is 13.3 Å². The molecule has 0 unspecified atom stereocenters. The van der Waals surface area contributed by atoms with Gasteiger partial charge in [0.1, 0.15) is 16.7 Å². The largest absolute Gasteiger partial charge is 0.369 e. The zero-order valence-corrected chi connectivity index (χ0v) is 10.0. The molecule has 0 aromatic carbocycles. The Balaban J connectivity index is 2.28. The Bertz CT molecular complexity index is 332. The molecule has 0 aliphatic carbocycles.